The SMILES string of the molecule is CC(C)OC(=O)CC(NC(=O)C(C)CN)c1ccccc1. The standard InChI is InChI=1S/C16H24N2O3/c1-11(2)21-15(19)9-14(13-7-5-4-6-8-13)18-16(20)12(3)10-17/h4-8,11-12,14H,9-10,17H2,1-3H3,(H,18,20). The van der Waals surface area contributed by atoms with Gasteiger partial charge in [-0.3, -0.25) is 9.59 Å². The van der Waals surface area contributed by atoms with Crippen LogP contribution in [0.5, 0.6) is 0 Å². The van der Waals surface area contributed by atoms with Gasteiger partial charge in [-0.15, -0.1) is 0 Å². The van der Waals surface area contributed by atoms with Gasteiger partial charge in [-0.1, -0.05) is 37.3 Å². The highest BCUT2D eigenvalue weighted by atomic mass is 16.5. The fraction of sp³-hybridized carbons (Fsp3) is 0.500. The Hall–Kier alpha value is -1.88. The zero-order valence-corrected chi connectivity index (χ0v) is 12.8. The van der Waals surface area contributed by atoms with Gasteiger partial charge < -0.3 is 15.8 Å². The molecular weight excluding hydrogens is 268 g/mol. The van der Waals surface area contributed by atoms with Crippen molar-refractivity contribution in [1.82, 2.24) is 5.32 Å². The normalized spacial score (nSPS) is 13.6. The molecule has 1 aromatic carbocycles. The lowest BCUT2D eigenvalue weighted by Gasteiger charge is -2.21. The molecule has 1 rings (SSSR count). The number of nitrogens with two attached hydrogens (primary N) is 1. The molecule has 0 aliphatic heterocycles. The number of hydrogen-bond acceptors (Lipinski definition) is 4. The van der Waals surface area contributed by atoms with Crippen LogP contribution in [0.1, 0.15) is 38.8 Å². The first-order valence-corrected chi connectivity index (χ1v) is 7.19. The first kappa shape index (κ1) is 17.2. The summed E-state index contributed by atoms with van der Waals surface area (Å²) < 4.78 is 5.16. The summed E-state index contributed by atoms with van der Waals surface area (Å²) in [5, 5.41) is 2.87. The first-order chi connectivity index (χ1) is 9.93. The second-order valence-corrected chi connectivity index (χ2v) is 5.35. The minimum atomic E-state index is -0.404. The zero-order valence-electron chi connectivity index (χ0n) is 12.8. The summed E-state index contributed by atoms with van der Waals surface area (Å²) in [4.78, 5) is 23.9. The highest BCUT2D eigenvalue weighted by Gasteiger charge is 2.21. The third kappa shape index (κ3) is 5.95. The van der Waals surface area contributed by atoms with E-state index in [1.54, 1.807) is 20.8 Å². The number of benzene rings is 1. The van der Waals surface area contributed by atoms with Crippen molar-refractivity contribution in [3.05, 3.63) is 35.9 Å². The molecule has 116 valence electrons. The predicted octanol–water partition coefficient (Wildman–Crippen LogP) is 1.78. The molecule has 0 saturated carbocycles. The summed E-state index contributed by atoms with van der Waals surface area (Å²) in [7, 11) is 0. The van der Waals surface area contributed by atoms with E-state index < -0.39 is 6.04 Å². The molecule has 0 fully saturated rings. The lowest BCUT2D eigenvalue weighted by molar-refractivity contribution is -0.148. The van der Waals surface area contributed by atoms with Crippen LogP contribution in [-0.4, -0.2) is 24.5 Å². The Bertz CT molecular complexity index is 460. The van der Waals surface area contributed by atoms with Gasteiger partial charge in [0, 0.05) is 12.5 Å². The Morgan fingerprint density at radius 3 is 2.33 bits per heavy atom. The first-order valence-electron chi connectivity index (χ1n) is 7.19. The number of nitrogens with one attached hydrogen (secondary N) is 1. The second-order valence-electron chi connectivity index (χ2n) is 5.35. The van der Waals surface area contributed by atoms with Gasteiger partial charge in [0.1, 0.15) is 0 Å². The molecule has 5 nitrogen and oxygen atoms in total. The number of carbonyl (C=O) groups is 2. The van der Waals surface area contributed by atoms with Gasteiger partial charge in [0.15, 0.2) is 0 Å². The topological polar surface area (TPSA) is 81.4 Å². The quantitative estimate of drug-likeness (QED) is 0.751. The zero-order chi connectivity index (χ0) is 15.8. The largest absolute Gasteiger partial charge is 0.463 e. The van der Waals surface area contributed by atoms with Crippen molar-refractivity contribution in [3.8, 4) is 0 Å². The molecule has 0 heterocycles. The van der Waals surface area contributed by atoms with Crippen molar-refractivity contribution in [1.29, 1.82) is 0 Å². The number of esters is 1. The Labute approximate surface area is 125 Å². The Morgan fingerprint density at radius 1 is 1.19 bits per heavy atom. The average molecular weight is 292 g/mol. The Morgan fingerprint density at radius 2 is 1.81 bits per heavy atom. The highest BCUT2D eigenvalue weighted by Crippen LogP contribution is 2.18. The molecule has 3 N–H and O–H groups in total. The fourth-order valence-corrected chi connectivity index (χ4v) is 1.84. The van der Waals surface area contributed by atoms with Crippen LogP contribution >= 0.6 is 0 Å². The average Bonchev–Trinajstić information content (AvgIpc) is 2.45. The number of amides is 1. The maximum absolute atomic E-state index is 12.0. The van der Waals surface area contributed by atoms with Gasteiger partial charge in [0.2, 0.25) is 5.91 Å². The summed E-state index contributed by atoms with van der Waals surface area (Å²) in [5.41, 5.74) is 6.37. The van der Waals surface area contributed by atoms with E-state index in [2.05, 4.69) is 5.32 Å². The van der Waals surface area contributed by atoms with Gasteiger partial charge in [-0.2, -0.15) is 0 Å². The van der Waals surface area contributed by atoms with Crippen LogP contribution in [0.25, 0.3) is 0 Å². The van der Waals surface area contributed by atoms with E-state index in [-0.39, 0.29) is 36.9 Å². The third-order valence-electron chi connectivity index (χ3n) is 3.06. The molecule has 2 atom stereocenters. The van der Waals surface area contributed by atoms with Gasteiger partial charge >= 0.3 is 5.97 Å². The molecule has 0 bridgehead atoms. The fourth-order valence-electron chi connectivity index (χ4n) is 1.84. The van der Waals surface area contributed by atoms with Gasteiger partial charge in [-0.25, -0.2) is 0 Å². The number of carbonyl (C=O) groups excluding carboxylic acids is 2. The van der Waals surface area contributed by atoms with E-state index in [0.29, 0.717) is 0 Å². The van der Waals surface area contributed by atoms with Crippen molar-refractivity contribution in [2.45, 2.75) is 39.3 Å². The maximum Gasteiger partial charge on any atom is 0.308 e. The van der Waals surface area contributed by atoms with Crippen LogP contribution in [0.3, 0.4) is 0 Å². The minimum Gasteiger partial charge on any atom is -0.463 e. The minimum absolute atomic E-state index is 0.102. The molecule has 0 radical (unpaired) electrons. The molecule has 0 aromatic heterocycles. The smallest absolute Gasteiger partial charge is 0.308 e. The van der Waals surface area contributed by atoms with Crippen LogP contribution in [-0.2, 0) is 14.3 Å². The summed E-state index contributed by atoms with van der Waals surface area (Å²) in [6.45, 7) is 5.61. The lowest BCUT2D eigenvalue weighted by atomic mass is 10.0. The maximum atomic E-state index is 12.0. The summed E-state index contributed by atoms with van der Waals surface area (Å²) in [6, 6.07) is 8.97. The molecule has 0 aliphatic carbocycles. The summed E-state index contributed by atoms with van der Waals surface area (Å²) in [5.74, 6) is -0.791. The number of ether oxygens (including phenoxy) is 1. The highest BCUT2D eigenvalue weighted by molar-refractivity contribution is 5.80. The van der Waals surface area contributed by atoms with Crippen molar-refractivity contribution in [2.24, 2.45) is 11.7 Å². The Balaban J connectivity index is 2.80. The van der Waals surface area contributed by atoms with Crippen LogP contribution in [0.4, 0.5) is 0 Å². The van der Waals surface area contributed by atoms with Crippen LogP contribution < -0.4 is 11.1 Å². The van der Waals surface area contributed by atoms with Crippen LogP contribution in [0.15, 0.2) is 30.3 Å². The number of rotatable bonds is 7. The van der Waals surface area contributed by atoms with Crippen molar-refractivity contribution in [2.75, 3.05) is 6.54 Å². The van der Waals surface area contributed by atoms with E-state index >= 15 is 0 Å². The van der Waals surface area contributed by atoms with Gasteiger partial charge in [0.25, 0.3) is 0 Å². The van der Waals surface area contributed by atoms with Gasteiger partial charge in [0.05, 0.1) is 18.6 Å². The molecule has 1 amide bonds. The number of hydrogen-bond donors (Lipinski definition) is 2. The second kappa shape index (κ2) is 8.42. The lowest BCUT2D eigenvalue weighted by Crippen LogP contribution is -2.37. The van der Waals surface area contributed by atoms with Crippen molar-refractivity contribution in [3.63, 3.8) is 0 Å². The monoisotopic (exact) mass is 292 g/mol. The molecule has 1 aromatic rings. The van der Waals surface area contributed by atoms with Crippen molar-refractivity contribution >= 4 is 11.9 Å². The summed E-state index contributed by atoms with van der Waals surface area (Å²) in [6.07, 6.45) is -0.0711. The predicted molar refractivity (Wildman–Crippen MR) is 81.4 cm³/mol. The molecular formula is C16H24N2O3. The van der Waals surface area contributed by atoms with Crippen LogP contribution in [0.2, 0.25) is 0 Å². The molecule has 21 heavy (non-hydrogen) atoms. The van der Waals surface area contributed by atoms with E-state index in [1.165, 1.54) is 0 Å². The molecule has 0 aliphatic rings. The molecule has 5 heteroatoms. The van der Waals surface area contributed by atoms with E-state index in [4.69, 9.17) is 10.5 Å². The van der Waals surface area contributed by atoms with E-state index in [9.17, 15) is 9.59 Å². The summed E-state index contributed by atoms with van der Waals surface area (Å²) >= 11 is 0. The Kier molecular flexibility index (Phi) is 6.88. The molecule has 0 spiro atoms. The van der Waals surface area contributed by atoms with Crippen molar-refractivity contribution < 1.29 is 14.3 Å². The molecule has 0 saturated heterocycles. The van der Waals surface area contributed by atoms with Gasteiger partial charge in [-0.05, 0) is 19.4 Å². The third-order valence-corrected chi connectivity index (χ3v) is 3.06. The van der Waals surface area contributed by atoms with E-state index in [1.807, 2.05) is 30.3 Å². The molecule has 2 unspecified atom stereocenters. The van der Waals surface area contributed by atoms with Crippen LogP contribution in [0, 0.1) is 5.92 Å². The van der Waals surface area contributed by atoms with E-state index in [0.717, 1.165) is 5.56 Å².